The number of piperidine rings is 1. The summed E-state index contributed by atoms with van der Waals surface area (Å²) in [5.41, 5.74) is 1.61. The van der Waals surface area contributed by atoms with E-state index in [1.807, 2.05) is 19.1 Å². The number of morpholine rings is 1. The molecule has 1 amide bonds. The number of benzene rings is 1. The highest BCUT2D eigenvalue weighted by Crippen LogP contribution is 2.54. The van der Waals surface area contributed by atoms with Gasteiger partial charge in [0.1, 0.15) is 11.6 Å². The highest BCUT2D eigenvalue weighted by Gasteiger charge is 2.45. The number of carbonyl (C=O) groups is 1. The molecule has 200 valence electrons. The lowest BCUT2D eigenvalue weighted by Gasteiger charge is -2.35. The van der Waals surface area contributed by atoms with Crippen LogP contribution in [0.4, 0.5) is 17.3 Å². The van der Waals surface area contributed by atoms with Gasteiger partial charge in [0.15, 0.2) is 9.84 Å². The maximum Gasteiger partial charge on any atom is 0.258 e. The summed E-state index contributed by atoms with van der Waals surface area (Å²) in [4.78, 5) is 22.8. The van der Waals surface area contributed by atoms with Crippen molar-refractivity contribution in [1.82, 2.24) is 4.98 Å². The average Bonchev–Trinajstić information content (AvgIpc) is 3.62. The minimum absolute atomic E-state index is 0.124. The molecule has 1 aromatic carbocycles. The molecular weight excluding hydrogens is 488 g/mol. The van der Waals surface area contributed by atoms with Crippen LogP contribution in [0, 0.1) is 5.41 Å². The highest BCUT2D eigenvalue weighted by atomic mass is 32.2. The lowest BCUT2D eigenvalue weighted by molar-refractivity contribution is 0.0529. The monoisotopic (exact) mass is 526 g/mol. The fraction of sp³-hybridized carbons (Fsp3) is 0.571. The van der Waals surface area contributed by atoms with Crippen LogP contribution >= 0.6 is 0 Å². The van der Waals surface area contributed by atoms with Crippen LogP contribution in [0.3, 0.4) is 0 Å². The molecule has 0 unspecified atom stereocenters. The molecule has 3 aliphatic rings. The van der Waals surface area contributed by atoms with Crippen molar-refractivity contribution in [3.63, 3.8) is 0 Å². The Morgan fingerprint density at radius 2 is 1.78 bits per heavy atom. The number of rotatable bonds is 5. The van der Waals surface area contributed by atoms with Gasteiger partial charge in [0.25, 0.3) is 5.91 Å². The molecule has 1 spiro atoms. The third-order valence-corrected chi connectivity index (χ3v) is 10.5. The molecule has 2 aliphatic heterocycles. The van der Waals surface area contributed by atoms with Crippen molar-refractivity contribution in [3.05, 3.63) is 42.0 Å². The summed E-state index contributed by atoms with van der Waals surface area (Å²) in [6.45, 7) is 10.9. The van der Waals surface area contributed by atoms with Crippen LogP contribution in [0.5, 0.6) is 0 Å². The van der Waals surface area contributed by atoms with E-state index in [0.717, 1.165) is 44.8 Å². The minimum Gasteiger partial charge on any atom is -0.375 e. The normalized spacial score (nSPS) is 21.7. The summed E-state index contributed by atoms with van der Waals surface area (Å²) in [5, 5.41) is 2.96. The third kappa shape index (κ3) is 5.34. The van der Waals surface area contributed by atoms with Crippen molar-refractivity contribution >= 4 is 33.1 Å². The molecule has 1 aliphatic carbocycles. The topological polar surface area (TPSA) is 91.8 Å². The number of pyridine rings is 1. The first-order valence-electron chi connectivity index (χ1n) is 13.3. The van der Waals surface area contributed by atoms with E-state index in [2.05, 4.69) is 20.1 Å². The maximum atomic E-state index is 13.6. The molecule has 0 bridgehead atoms. The molecule has 2 aromatic rings. The number of amides is 1. The number of anilines is 3. The van der Waals surface area contributed by atoms with Crippen LogP contribution in [-0.2, 0) is 14.6 Å². The van der Waals surface area contributed by atoms with Crippen molar-refractivity contribution in [2.75, 3.05) is 47.9 Å². The van der Waals surface area contributed by atoms with Gasteiger partial charge >= 0.3 is 0 Å². The molecule has 9 heteroatoms. The van der Waals surface area contributed by atoms with E-state index in [9.17, 15) is 13.2 Å². The van der Waals surface area contributed by atoms with Gasteiger partial charge in [-0.1, -0.05) is 6.07 Å². The highest BCUT2D eigenvalue weighted by molar-refractivity contribution is 7.92. The van der Waals surface area contributed by atoms with E-state index >= 15 is 0 Å². The first-order valence-corrected chi connectivity index (χ1v) is 14.7. The van der Waals surface area contributed by atoms with Gasteiger partial charge in [0.05, 0.1) is 33.6 Å². The first-order chi connectivity index (χ1) is 17.5. The summed E-state index contributed by atoms with van der Waals surface area (Å²) >= 11 is 0. The summed E-state index contributed by atoms with van der Waals surface area (Å²) in [7, 11) is -3.56. The van der Waals surface area contributed by atoms with E-state index in [1.54, 1.807) is 45.0 Å². The zero-order chi connectivity index (χ0) is 26.4. The van der Waals surface area contributed by atoms with Gasteiger partial charge < -0.3 is 19.9 Å². The van der Waals surface area contributed by atoms with Crippen LogP contribution in [0.25, 0.3) is 0 Å². The van der Waals surface area contributed by atoms with E-state index in [4.69, 9.17) is 4.74 Å². The zero-order valence-corrected chi connectivity index (χ0v) is 23.1. The Morgan fingerprint density at radius 3 is 2.43 bits per heavy atom. The fourth-order valence-corrected chi connectivity index (χ4v) is 6.48. The smallest absolute Gasteiger partial charge is 0.258 e. The van der Waals surface area contributed by atoms with Gasteiger partial charge in [-0.2, -0.15) is 0 Å². The Kier molecular flexibility index (Phi) is 6.73. The van der Waals surface area contributed by atoms with Gasteiger partial charge in [-0.3, -0.25) is 4.79 Å². The first kappa shape index (κ1) is 26.0. The summed E-state index contributed by atoms with van der Waals surface area (Å²) < 4.78 is 31.2. The zero-order valence-electron chi connectivity index (χ0n) is 22.3. The van der Waals surface area contributed by atoms with Crippen molar-refractivity contribution in [2.24, 2.45) is 5.41 Å². The van der Waals surface area contributed by atoms with Crippen LogP contribution in [0.15, 0.2) is 41.3 Å². The number of aromatic nitrogens is 1. The molecule has 5 rings (SSSR count). The van der Waals surface area contributed by atoms with E-state index in [-0.39, 0.29) is 16.9 Å². The predicted molar refractivity (Wildman–Crippen MR) is 146 cm³/mol. The standard InChI is InChI=1S/C28H38N4O4S/c1-20-19-32(16-17-36-20)25-7-5-6-24(29-25)30-26(33)22-9-8-21(37(34,35)27(2,3)4)18-23(22)31-14-12-28(10-11-28)13-15-31/h5-9,18,20H,10-17,19H2,1-4H3,(H,29,30,33)/t20-/m1/s1. The van der Waals surface area contributed by atoms with Crippen molar-refractivity contribution in [3.8, 4) is 0 Å². The average molecular weight is 527 g/mol. The van der Waals surface area contributed by atoms with Crippen molar-refractivity contribution < 1.29 is 17.9 Å². The molecule has 3 fully saturated rings. The molecular formula is C28H38N4O4S. The quantitative estimate of drug-likeness (QED) is 0.613. The Labute approximate surface area is 220 Å². The predicted octanol–water partition coefficient (Wildman–Crippen LogP) is 4.51. The number of nitrogens with one attached hydrogen (secondary N) is 1. The Morgan fingerprint density at radius 1 is 1.05 bits per heavy atom. The van der Waals surface area contributed by atoms with Gasteiger partial charge in [-0.05, 0) is 89.1 Å². The van der Waals surface area contributed by atoms with Crippen molar-refractivity contribution in [1.29, 1.82) is 0 Å². The molecule has 2 saturated heterocycles. The van der Waals surface area contributed by atoms with E-state index < -0.39 is 14.6 Å². The molecule has 1 aromatic heterocycles. The summed E-state index contributed by atoms with van der Waals surface area (Å²) in [5.74, 6) is 0.974. The molecule has 1 N–H and O–H groups in total. The van der Waals surface area contributed by atoms with E-state index in [0.29, 0.717) is 29.1 Å². The Hall–Kier alpha value is -2.65. The second kappa shape index (κ2) is 9.58. The van der Waals surface area contributed by atoms with Gasteiger partial charge in [0.2, 0.25) is 0 Å². The second-order valence-electron chi connectivity index (χ2n) is 11.7. The third-order valence-electron chi connectivity index (χ3n) is 7.99. The lowest BCUT2D eigenvalue weighted by atomic mass is 9.93. The molecule has 1 saturated carbocycles. The summed E-state index contributed by atoms with van der Waals surface area (Å²) in [6.07, 6.45) is 4.82. The second-order valence-corrected chi connectivity index (χ2v) is 14.4. The maximum absolute atomic E-state index is 13.6. The molecule has 3 heterocycles. The number of hydrogen-bond donors (Lipinski definition) is 1. The fourth-order valence-electron chi connectivity index (χ4n) is 5.26. The molecule has 8 nitrogen and oxygen atoms in total. The van der Waals surface area contributed by atoms with Gasteiger partial charge in [-0.25, -0.2) is 13.4 Å². The van der Waals surface area contributed by atoms with Gasteiger partial charge in [-0.15, -0.1) is 0 Å². The molecule has 37 heavy (non-hydrogen) atoms. The number of carbonyl (C=O) groups excluding carboxylic acids is 1. The summed E-state index contributed by atoms with van der Waals surface area (Å²) in [6, 6.07) is 10.5. The Bertz CT molecular complexity index is 1270. The largest absolute Gasteiger partial charge is 0.375 e. The van der Waals surface area contributed by atoms with Crippen LogP contribution in [-0.4, -0.2) is 62.9 Å². The SMILES string of the molecule is C[C@@H]1CN(c2cccc(NC(=O)c3ccc(S(=O)(=O)C(C)(C)C)cc3N3CCC4(CC3)CC4)n2)CCO1. The number of hydrogen-bond acceptors (Lipinski definition) is 7. The van der Waals surface area contributed by atoms with Crippen LogP contribution < -0.4 is 15.1 Å². The van der Waals surface area contributed by atoms with Crippen molar-refractivity contribution in [2.45, 2.75) is 69.1 Å². The lowest BCUT2D eigenvalue weighted by Crippen LogP contribution is -2.41. The van der Waals surface area contributed by atoms with E-state index in [1.165, 1.54) is 12.8 Å². The molecule has 1 atom stereocenters. The minimum atomic E-state index is -3.56. The molecule has 0 radical (unpaired) electrons. The van der Waals surface area contributed by atoms with Crippen LogP contribution in [0.1, 0.15) is 63.7 Å². The number of nitrogens with zero attached hydrogens (tertiary/aromatic N) is 3. The van der Waals surface area contributed by atoms with Crippen LogP contribution in [0.2, 0.25) is 0 Å². The number of ether oxygens (including phenoxy) is 1. The number of sulfone groups is 1. The Balaban J connectivity index is 1.43. The van der Waals surface area contributed by atoms with Gasteiger partial charge in [0, 0.05) is 26.2 Å².